The average molecular weight is 191 g/mol. The van der Waals surface area contributed by atoms with E-state index in [9.17, 15) is 4.79 Å². The zero-order chi connectivity index (χ0) is 7.28. The van der Waals surface area contributed by atoms with Crippen molar-refractivity contribution in [3.8, 4) is 0 Å². The molecule has 0 amide bonds. The van der Waals surface area contributed by atoms with Crippen molar-refractivity contribution < 1.29 is 9.53 Å². The first-order valence-electron chi connectivity index (χ1n) is 2.32. The van der Waals surface area contributed by atoms with E-state index in [-0.39, 0.29) is 5.97 Å². The first kappa shape index (κ1) is 8.43. The Hall–Kier alpha value is -0.570. The Morgan fingerprint density at radius 1 is 1.78 bits per heavy atom. The molecule has 3 heteroatoms. The molecule has 0 unspecified atom stereocenters. The number of halogens is 1. The van der Waals surface area contributed by atoms with E-state index >= 15 is 0 Å². The molecule has 0 bridgehead atoms. The molecule has 0 rings (SSSR count). The summed E-state index contributed by atoms with van der Waals surface area (Å²) in [4.78, 5) is 10.1. The van der Waals surface area contributed by atoms with Crippen LogP contribution in [0.5, 0.6) is 0 Å². The Morgan fingerprint density at radius 2 is 2.33 bits per heavy atom. The summed E-state index contributed by atoms with van der Waals surface area (Å²) >= 11 is 3.07. The van der Waals surface area contributed by atoms with Crippen LogP contribution in [-0.2, 0) is 9.53 Å². The van der Waals surface area contributed by atoms with Gasteiger partial charge in [0.15, 0.2) is 0 Å². The molecule has 0 saturated carbocycles. The Morgan fingerprint density at radius 3 is 2.67 bits per heavy atom. The fourth-order valence-corrected chi connectivity index (χ4v) is 0.281. The van der Waals surface area contributed by atoms with Crippen LogP contribution in [0.15, 0.2) is 23.4 Å². The number of hydrogen-bond donors (Lipinski definition) is 0. The summed E-state index contributed by atoms with van der Waals surface area (Å²) in [5.74, 6) is -0.339. The molecule has 0 aliphatic carbocycles. The molecule has 0 fully saturated rings. The number of carbonyl (C=O) groups is 1. The van der Waals surface area contributed by atoms with Crippen LogP contribution in [-0.4, -0.2) is 5.97 Å². The smallest absolute Gasteiger partial charge is 0.307 e. The Labute approximate surface area is 62.3 Å². The molecule has 2 nitrogen and oxygen atoms in total. The van der Waals surface area contributed by atoms with Gasteiger partial charge in [-0.1, -0.05) is 12.7 Å². The third-order valence-corrected chi connectivity index (χ3v) is 1.04. The molecular formula is C6H7BrO2. The van der Waals surface area contributed by atoms with E-state index in [1.165, 1.54) is 19.3 Å². The van der Waals surface area contributed by atoms with Crippen LogP contribution in [0.3, 0.4) is 0 Å². The van der Waals surface area contributed by atoms with Crippen molar-refractivity contribution in [1.82, 2.24) is 0 Å². The van der Waals surface area contributed by atoms with Crippen molar-refractivity contribution in [1.29, 1.82) is 0 Å². The molecule has 0 radical (unpaired) electrons. The molecule has 0 aliphatic heterocycles. The van der Waals surface area contributed by atoms with E-state index < -0.39 is 0 Å². The maximum Gasteiger partial charge on any atom is 0.307 e. The summed E-state index contributed by atoms with van der Waals surface area (Å²) in [5, 5.41) is 0. The molecule has 0 spiro atoms. The van der Waals surface area contributed by atoms with Gasteiger partial charge in [0.25, 0.3) is 0 Å². The Balaban J connectivity index is 3.69. The van der Waals surface area contributed by atoms with Gasteiger partial charge in [0.05, 0.1) is 4.48 Å². The number of allylic oxidation sites excluding steroid dienone is 2. The highest BCUT2D eigenvalue weighted by Gasteiger charge is 1.86. The van der Waals surface area contributed by atoms with E-state index in [1.54, 1.807) is 0 Å². The highest BCUT2D eigenvalue weighted by Crippen LogP contribution is 2.04. The van der Waals surface area contributed by atoms with Gasteiger partial charge in [0.2, 0.25) is 0 Å². The summed E-state index contributed by atoms with van der Waals surface area (Å²) in [5.41, 5.74) is 0. The number of ether oxygens (including phenoxy) is 1. The maximum absolute atomic E-state index is 10.1. The predicted octanol–water partition coefficient (Wildman–Crippen LogP) is 1.97. The third-order valence-electron chi connectivity index (χ3n) is 0.532. The summed E-state index contributed by atoms with van der Waals surface area (Å²) in [6, 6.07) is 0. The average Bonchev–Trinajstić information content (AvgIpc) is 1.83. The van der Waals surface area contributed by atoms with Crippen molar-refractivity contribution >= 4 is 21.9 Å². The predicted molar refractivity (Wildman–Crippen MR) is 39.0 cm³/mol. The fourth-order valence-electron chi connectivity index (χ4n) is 0.187. The summed E-state index contributed by atoms with van der Waals surface area (Å²) in [6.07, 6.45) is 2.82. The van der Waals surface area contributed by atoms with Crippen molar-refractivity contribution in [2.24, 2.45) is 0 Å². The summed E-state index contributed by atoms with van der Waals surface area (Å²) in [6.45, 7) is 4.77. The first-order chi connectivity index (χ1) is 4.16. The van der Waals surface area contributed by atoms with E-state index in [0.29, 0.717) is 4.48 Å². The maximum atomic E-state index is 10.1. The molecule has 0 aliphatic rings. The standard InChI is InChI=1S/C6H7BrO2/c1-3-6(7)4-9-5(2)8/h3-4H,1H2,2H3/b6-4+. The van der Waals surface area contributed by atoms with Crippen LogP contribution in [0.4, 0.5) is 0 Å². The minimum absolute atomic E-state index is 0.339. The zero-order valence-corrected chi connectivity index (χ0v) is 6.64. The zero-order valence-electron chi connectivity index (χ0n) is 5.06. The molecular weight excluding hydrogens is 184 g/mol. The number of rotatable bonds is 2. The lowest BCUT2D eigenvalue weighted by molar-refractivity contribution is -0.135. The van der Waals surface area contributed by atoms with Gasteiger partial charge in [-0.15, -0.1) is 0 Å². The normalized spacial score (nSPS) is 10.7. The lowest BCUT2D eigenvalue weighted by Crippen LogP contribution is -1.89. The minimum atomic E-state index is -0.339. The van der Waals surface area contributed by atoms with Crippen molar-refractivity contribution in [2.45, 2.75) is 6.92 Å². The fraction of sp³-hybridized carbons (Fsp3) is 0.167. The molecule has 0 aromatic rings. The second-order valence-electron chi connectivity index (χ2n) is 1.32. The summed E-state index contributed by atoms with van der Waals surface area (Å²) in [7, 11) is 0. The van der Waals surface area contributed by atoms with Crippen LogP contribution < -0.4 is 0 Å². The van der Waals surface area contributed by atoms with Gasteiger partial charge in [0, 0.05) is 6.92 Å². The SMILES string of the molecule is C=C/C(Br)=C\OC(C)=O. The summed E-state index contributed by atoms with van der Waals surface area (Å²) < 4.78 is 5.13. The monoisotopic (exact) mass is 190 g/mol. The third kappa shape index (κ3) is 5.30. The Kier molecular flexibility index (Phi) is 4.05. The van der Waals surface area contributed by atoms with Gasteiger partial charge in [-0.05, 0) is 15.9 Å². The molecule has 0 aromatic heterocycles. The van der Waals surface area contributed by atoms with Crippen molar-refractivity contribution in [2.75, 3.05) is 0 Å². The van der Waals surface area contributed by atoms with Crippen molar-refractivity contribution in [3.63, 3.8) is 0 Å². The molecule has 9 heavy (non-hydrogen) atoms. The highest BCUT2D eigenvalue weighted by molar-refractivity contribution is 9.11. The first-order valence-corrected chi connectivity index (χ1v) is 3.11. The molecule has 0 heterocycles. The topological polar surface area (TPSA) is 26.3 Å². The minimum Gasteiger partial charge on any atom is -0.433 e. The molecule has 0 N–H and O–H groups in total. The van der Waals surface area contributed by atoms with Gasteiger partial charge < -0.3 is 4.74 Å². The second kappa shape index (κ2) is 4.32. The Bertz CT molecular complexity index is 149. The number of hydrogen-bond acceptors (Lipinski definition) is 2. The van der Waals surface area contributed by atoms with Crippen LogP contribution in [0.2, 0.25) is 0 Å². The van der Waals surface area contributed by atoms with Crippen molar-refractivity contribution in [3.05, 3.63) is 23.4 Å². The second-order valence-corrected chi connectivity index (χ2v) is 2.23. The van der Waals surface area contributed by atoms with Crippen LogP contribution in [0.1, 0.15) is 6.92 Å². The number of carbonyl (C=O) groups excluding carboxylic acids is 1. The van der Waals surface area contributed by atoms with E-state index in [2.05, 4.69) is 27.2 Å². The van der Waals surface area contributed by atoms with Gasteiger partial charge in [-0.25, -0.2) is 0 Å². The molecule has 50 valence electrons. The lowest BCUT2D eigenvalue weighted by atomic mass is 10.6. The van der Waals surface area contributed by atoms with Gasteiger partial charge in [0.1, 0.15) is 6.26 Å². The van der Waals surface area contributed by atoms with E-state index in [0.717, 1.165) is 0 Å². The van der Waals surface area contributed by atoms with E-state index in [1.807, 2.05) is 0 Å². The van der Waals surface area contributed by atoms with Crippen LogP contribution in [0.25, 0.3) is 0 Å². The van der Waals surface area contributed by atoms with Crippen LogP contribution in [0, 0.1) is 0 Å². The van der Waals surface area contributed by atoms with Gasteiger partial charge in [-0.3, -0.25) is 4.79 Å². The number of esters is 1. The molecule has 0 saturated heterocycles. The quantitative estimate of drug-likeness (QED) is 0.379. The largest absolute Gasteiger partial charge is 0.433 e. The van der Waals surface area contributed by atoms with E-state index in [4.69, 9.17) is 0 Å². The molecule has 0 aromatic carbocycles. The van der Waals surface area contributed by atoms with Gasteiger partial charge in [-0.2, -0.15) is 0 Å². The lowest BCUT2D eigenvalue weighted by Gasteiger charge is -1.90. The molecule has 0 atom stereocenters. The van der Waals surface area contributed by atoms with Crippen LogP contribution >= 0.6 is 15.9 Å². The van der Waals surface area contributed by atoms with Gasteiger partial charge >= 0.3 is 5.97 Å². The highest BCUT2D eigenvalue weighted by atomic mass is 79.9.